The van der Waals surface area contributed by atoms with Gasteiger partial charge in [0.05, 0.1) is 21.8 Å². The summed E-state index contributed by atoms with van der Waals surface area (Å²) in [5.41, 5.74) is 1.79. The van der Waals surface area contributed by atoms with Gasteiger partial charge in [-0.2, -0.15) is 4.98 Å². The number of aromatic nitrogens is 6. The molecule has 0 aliphatic rings. The number of hydrogen-bond donors (Lipinski definition) is 1. The highest BCUT2D eigenvalue weighted by molar-refractivity contribution is 7.99. The lowest BCUT2D eigenvalue weighted by molar-refractivity contribution is 0.675. The first-order valence-corrected chi connectivity index (χ1v) is 11.3. The molecule has 0 unspecified atom stereocenters. The summed E-state index contributed by atoms with van der Waals surface area (Å²) in [5.74, 6) is 1.16. The van der Waals surface area contributed by atoms with Crippen LogP contribution in [0.1, 0.15) is 12.5 Å². The van der Waals surface area contributed by atoms with Crippen LogP contribution in [0.25, 0.3) is 27.8 Å². The maximum Gasteiger partial charge on any atom is 0.266 e. The fourth-order valence-corrected chi connectivity index (χ4v) is 4.16. The van der Waals surface area contributed by atoms with Gasteiger partial charge < -0.3 is 4.57 Å². The average Bonchev–Trinajstić information content (AvgIpc) is 3.27. The summed E-state index contributed by atoms with van der Waals surface area (Å²) in [6.07, 6.45) is 4.12. The third-order valence-corrected chi connectivity index (χ3v) is 5.98. The van der Waals surface area contributed by atoms with Crippen LogP contribution in [0.5, 0.6) is 0 Å². The van der Waals surface area contributed by atoms with Gasteiger partial charge in [0.15, 0.2) is 0 Å². The van der Waals surface area contributed by atoms with Gasteiger partial charge >= 0.3 is 0 Å². The first-order valence-electron chi connectivity index (χ1n) is 10.3. The monoisotopic (exact) mass is 444 g/mol. The van der Waals surface area contributed by atoms with Crippen molar-refractivity contribution in [2.45, 2.75) is 25.0 Å². The molecule has 0 fully saturated rings. The largest absolute Gasteiger partial charge is 0.315 e. The highest BCUT2D eigenvalue weighted by Gasteiger charge is 2.13. The van der Waals surface area contributed by atoms with Crippen LogP contribution in [0.4, 0.5) is 0 Å². The lowest BCUT2D eigenvalue weighted by Gasteiger charge is -2.09. The molecule has 0 saturated heterocycles. The number of aromatic amines is 1. The molecule has 0 spiro atoms. The summed E-state index contributed by atoms with van der Waals surface area (Å²) in [6, 6.07) is 15.2. The number of nitrogens with one attached hydrogen (secondary N) is 1. The summed E-state index contributed by atoms with van der Waals surface area (Å²) in [5, 5.41) is 8.28. The Hall–Kier alpha value is -3.72. The van der Waals surface area contributed by atoms with Gasteiger partial charge in [0.2, 0.25) is 11.1 Å². The van der Waals surface area contributed by atoms with Gasteiger partial charge in [0, 0.05) is 18.9 Å². The fourth-order valence-electron chi connectivity index (χ4n) is 3.64. The molecule has 160 valence electrons. The van der Waals surface area contributed by atoms with Gasteiger partial charge in [-0.25, -0.2) is 10.1 Å². The smallest absolute Gasteiger partial charge is 0.266 e. The second kappa shape index (κ2) is 8.43. The van der Waals surface area contributed by atoms with Gasteiger partial charge in [-0.3, -0.25) is 14.2 Å². The minimum Gasteiger partial charge on any atom is -0.315 e. The van der Waals surface area contributed by atoms with E-state index >= 15 is 0 Å². The van der Waals surface area contributed by atoms with Crippen molar-refractivity contribution in [3.05, 3.63) is 87.2 Å². The quantitative estimate of drug-likeness (QED) is 0.319. The van der Waals surface area contributed by atoms with Crippen molar-refractivity contribution < 1.29 is 0 Å². The third kappa shape index (κ3) is 3.71. The highest BCUT2D eigenvalue weighted by Crippen LogP contribution is 2.16. The number of fused-ring (bicyclic) bond motifs is 2. The van der Waals surface area contributed by atoms with Crippen LogP contribution in [0, 0.1) is 0 Å². The van der Waals surface area contributed by atoms with E-state index in [-0.39, 0.29) is 11.1 Å². The molecule has 5 aromatic rings. The minimum atomic E-state index is -0.305. The number of rotatable bonds is 6. The van der Waals surface area contributed by atoms with E-state index in [4.69, 9.17) is 0 Å². The molecule has 1 aromatic carbocycles. The summed E-state index contributed by atoms with van der Waals surface area (Å²) >= 11 is 1.48. The Morgan fingerprint density at radius 3 is 2.47 bits per heavy atom. The first kappa shape index (κ1) is 20.2. The molecule has 5 rings (SSSR count). The molecular weight excluding hydrogens is 424 g/mol. The second-order valence-corrected chi connectivity index (χ2v) is 8.50. The number of H-pyrrole nitrogens is 1. The molecule has 0 bridgehead atoms. The molecule has 4 aromatic heterocycles. The fraction of sp³-hybridized carbons (Fsp3) is 0.174. The van der Waals surface area contributed by atoms with E-state index < -0.39 is 0 Å². The Labute approximate surface area is 187 Å². The summed E-state index contributed by atoms with van der Waals surface area (Å²) in [7, 11) is 0. The number of thioether (sulfide) groups is 1. The molecule has 9 heteroatoms. The number of hydrogen-bond acceptors (Lipinski definition) is 6. The summed E-state index contributed by atoms with van der Waals surface area (Å²) in [6.45, 7) is 2.55. The van der Waals surface area contributed by atoms with Crippen molar-refractivity contribution in [3.63, 3.8) is 0 Å². The van der Waals surface area contributed by atoms with Crippen molar-refractivity contribution in [1.29, 1.82) is 0 Å². The second-order valence-electron chi connectivity index (χ2n) is 7.27. The Bertz CT molecular complexity index is 1540. The average molecular weight is 445 g/mol. The standard InChI is InChI=1S/C23H20N6O2S/c1-2-32-23-25-22(26-27-23)29-13-10-19-17(21(29)31)14-16-18(24-19)9-12-28(20(16)30)11-8-15-6-4-3-5-7-15/h3-7,9-10,12-14H,2,8,11H2,1H3,(H,25,26,27). The zero-order valence-electron chi connectivity index (χ0n) is 17.4. The predicted octanol–water partition coefficient (Wildman–Crippen LogP) is 3.17. The van der Waals surface area contributed by atoms with Crippen LogP contribution in [0.3, 0.4) is 0 Å². The van der Waals surface area contributed by atoms with E-state index in [2.05, 4.69) is 20.2 Å². The minimum absolute atomic E-state index is 0.163. The zero-order valence-corrected chi connectivity index (χ0v) is 18.2. The predicted molar refractivity (Wildman–Crippen MR) is 126 cm³/mol. The van der Waals surface area contributed by atoms with E-state index in [0.29, 0.717) is 39.5 Å². The Morgan fingerprint density at radius 2 is 1.69 bits per heavy atom. The molecule has 32 heavy (non-hydrogen) atoms. The molecule has 0 aliphatic heterocycles. The van der Waals surface area contributed by atoms with Gasteiger partial charge in [0.25, 0.3) is 11.1 Å². The molecule has 0 aliphatic carbocycles. The van der Waals surface area contributed by atoms with Crippen LogP contribution in [-0.2, 0) is 13.0 Å². The Morgan fingerprint density at radius 1 is 0.938 bits per heavy atom. The number of aryl methyl sites for hydroxylation is 2. The third-order valence-electron chi connectivity index (χ3n) is 5.25. The summed E-state index contributed by atoms with van der Waals surface area (Å²) in [4.78, 5) is 35.2. The van der Waals surface area contributed by atoms with Crippen LogP contribution < -0.4 is 11.1 Å². The molecule has 0 radical (unpaired) electrons. The van der Waals surface area contributed by atoms with Crippen molar-refractivity contribution >= 4 is 33.6 Å². The van der Waals surface area contributed by atoms with E-state index in [1.165, 1.54) is 16.3 Å². The number of benzene rings is 1. The number of pyridine rings is 3. The topological polar surface area (TPSA) is 98.5 Å². The lowest BCUT2D eigenvalue weighted by Crippen LogP contribution is -2.22. The number of nitrogens with zero attached hydrogens (tertiary/aromatic N) is 5. The van der Waals surface area contributed by atoms with Crippen LogP contribution in [0.2, 0.25) is 0 Å². The molecule has 0 amide bonds. The van der Waals surface area contributed by atoms with E-state index in [9.17, 15) is 9.59 Å². The van der Waals surface area contributed by atoms with Crippen LogP contribution in [0.15, 0.2) is 75.7 Å². The summed E-state index contributed by atoms with van der Waals surface area (Å²) < 4.78 is 3.05. The highest BCUT2D eigenvalue weighted by atomic mass is 32.2. The van der Waals surface area contributed by atoms with Crippen LogP contribution >= 0.6 is 11.8 Å². The Balaban J connectivity index is 1.57. The van der Waals surface area contributed by atoms with Crippen molar-refractivity contribution in [1.82, 2.24) is 29.3 Å². The SMILES string of the molecule is CCSc1n[nH]c(-n2ccc3nc4ccn(CCc5ccccc5)c(=O)c4cc3c2=O)n1. The normalized spacial score (nSPS) is 11.4. The molecule has 1 N–H and O–H groups in total. The molecular formula is C23H20N6O2S. The van der Waals surface area contributed by atoms with Crippen molar-refractivity contribution in [2.24, 2.45) is 0 Å². The van der Waals surface area contributed by atoms with Gasteiger partial charge in [-0.1, -0.05) is 49.0 Å². The Kier molecular flexibility index (Phi) is 5.32. The van der Waals surface area contributed by atoms with E-state index in [1.54, 1.807) is 29.1 Å². The maximum atomic E-state index is 13.2. The molecule has 4 heterocycles. The van der Waals surface area contributed by atoms with Gasteiger partial charge in [0.1, 0.15) is 0 Å². The zero-order chi connectivity index (χ0) is 22.1. The van der Waals surface area contributed by atoms with Gasteiger partial charge in [-0.15, -0.1) is 5.10 Å². The lowest BCUT2D eigenvalue weighted by atomic mass is 10.1. The molecule has 0 saturated carbocycles. The maximum absolute atomic E-state index is 13.2. The van der Waals surface area contributed by atoms with E-state index in [0.717, 1.165) is 17.7 Å². The van der Waals surface area contributed by atoms with Crippen molar-refractivity contribution in [2.75, 3.05) is 5.75 Å². The molecule has 8 nitrogen and oxygen atoms in total. The first-order chi connectivity index (χ1) is 15.6. The van der Waals surface area contributed by atoms with E-state index in [1.807, 2.05) is 43.3 Å². The van der Waals surface area contributed by atoms with Crippen molar-refractivity contribution in [3.8, 4) is 5.95 Å². The molecule has 0 atom stereocenters. The van der Waals surface area contributed by atoms with Gasteiger partial charge in [-0.05, 0) is 35.9 Å². The van der Waals surface area contributed by atoms with Crippen LogP contribution in [-0.4, -0.2) is 35.1 Å².